The van der Waals surface area contributed by atoms with Crippen molar-refractivity contribution in [1.82, 2.24) is 5.32 Å². The summed E-state index contributed by atoms with van der Waals surface area (Å²) >= 11 is 3.33. The summed E-state index contributed by atoms with van der Waals surface area (Å²) in [7, 11) is 1.59. The molecule has 0 saturated carbocycles. The summed E-state index contributed by atoms with van der Waals surface area (Å²) in [6, 6.07) is 28.3. The maximum atomic E-state index is 13.1. The normalized spacial score (nSPS) is 14.1. The number of halogens is 1. The van der Waals surface area contributed by atoms with Gasteiger partial charge in [0.2, 0.25) is 0 Å². The second-order valence-corrected chi connectivity index (χ2v) is 9.97. The number of anilines is 1. The van der Waals surface area contributed by atoms with Crippen LogP contribution in [0.25, 0.3) is 6.08 Å². The molecule has 4 amide bonds. The number of ether oxygens (including phenoxy) is 3. The lowest BCUT2D eigenvalue weighted by atomic mass is 10.1. The topological polar surface area (TPSA) is 94.2 Å². The fourth-order valence-electron chi connectivity index (χ4n) is 4.13. The van der Waals surface area contributed by atoms with Gasteiger partial charge in [-0.3, -0.25) is 14.9 Å². The van der Waals surface area contributed by atoms with Crippen LogP contribution in [0.1, 0.15) is 16.7 Å². The molecule has 8 nitrogen and oxygen atoms in total. The van der Waals surface area contributed by atoms with Gasteiger partial charge in [0.25, 0.3) is 11.8 Å². The van der Waals surface area contributed by atoms with E-state index in [1.54, 1.807) is 55.6 Å². The molecule has 206 valence electrons. The largest absolute Gasteiger partial charge is 0.493 e. The number of barbiturate groups is 1. The van der Waals surface area contributed by atoms with Crippen LogP contribution in [0.2, 0.25) is 0 Å². The Morgan fingerprint density at radius 2 is 1.49 bits per heavy atom. The molecule has 41 heavy (non-hydrogen) atoms. The van der Waals surface area contributed by atoms with E-state index < -0.39 is 17.8 Å². The zero-order valence-electron chi connectivity index (χ0n) is 22.0. The van der Waals surface area contributed by atoms with Crippen molar-refractivity contribution >= 4 is 45.5 Å². The van der Waals surface area contributed by atoms with Gasteiger partial charge in [0.1, 0.15) is 24.5 Å². The Balaban J connectivity index is 1.23. The first-order valence-corrected chi connectivity index (χ1v) is 13.4. The van der Waals surface area contributed by atoms with E-state index >= 15 is 0 Å². The third-order valence-electron chi connectivity index (χ3n) is 6.25. The maximum absolute atomic E-state index is 13.1. The van der Waals surface area contributed by atoms with Crippen LogP contribution in [-0.4, -0.2) is 25.0 Å². The predicted octanol–water partition coefficient (Wildman–Crippen LogP) is 6.28. The lowest BCUT2D eigenvalue weighted by Gasteiger charge is -2.26. The third kappa shape index (κ3) is 6.64. The first kappa shape index (κ1) is 27.7. The van der Waals surface area contributed by atoms with Crippen LogP contribution >= 0.6 is 15.9 Å². The minimum Gasteiger partial charge on any atom is -0.493 e. The van der Waals surface area contributed by atoms with Crippen molar-refractivity contribution in [2.75, 3.05) is 12.0 Å². The van der Waals surface area contributed by atoms with Crippen LogP contribution in [0.4, 0.5) is 10.5 Å². The van der Waals surface area contributed by atoms with E-state index in [1.807, 2.05) is 48.5 Å². The number of urea groups is 1. The summed E-state index contributed by atoms with van der Waals surface area (Å²) in [5, 5.41) is 2.23. The van der Waals surface area contributed by atoms with E-state index in [9.17, 15) is 14.4 Å². The summed E-state index contributed by atoms with van der Waals surface area (Å²) < 4.78 is 18.1. The molecule has 4 aromatic carbocycles. The molecule has 1 aliphatic rings. The highest BCUT2D eigenvalue weighted by Crippen LogP contribution is 2.30. The van der Waals surface area contributed by atoms with Gasteiger partial charge in [0, 0.05) is 4.47 Å². The van der Waals surface area contributed by atoms with Crippen LogP contribution in [0.5, 0.6) is 17.2 Å². The third-order valence-corrected chi connectivity index (χ3v) is 6.78. The summed E-state index contributed by atoms with van der Waals surface area (Å²) in [6.07, 6.45) is 1.44. The highest BCUT2D eigenvalue weighted by molar-refractivity contribution is 9.10. The SMILES string of the molecule is COc1cc(COc2ccc(/C=C3\C(=O)NC(=O)N(c4ccc(Br)cc4)C3=O)cc2)ccc1OCc1ccccc1. The highest BCUT2D eigenvalue weighted by Gasteiger charge is 2.36. The molecule has 1 N–H and O–H groups in total. The predicted molar refractivity (Wildman–Crippen MR) is 158 cm³/mol. The quantitative estimate of drug-likeness (QED) is 0.176. The van der Waals surface area contributed by atoms with Crippen LogP contribution < -0.4 is 24.4 Å². The highest BCUT2D eigenvalue weighted by atomic mass is 79.9. The molecular weight excluding hydrogens is 588 g/mol. The molecule has 1 heterocycles. The number of hydrogen-bond acceptors (Lipinski definition) is 6. The Morgan fingerprint density at radius 1 is 0.780 bits per heavy atom. The second kappa shape index (κ2) is 12.5. The van der Waals surface area contributed by atoms with E-state index in [2.05, 4.69) is 21.2 Å². The number of hydrogen-bond donors (Lipinski definition) is 1. The number of nitrogens with zero attached hydrogens (tertiary/aromatic N) is 1. The standard InChI is InChI=1S/C32H25BrN2O6/c1-39-29-18-23(9-16-28(29)41-19-22-5-3-2-4-6-22)20-40-26-14-7-21(8-15-26)17-27-30(36)34-32(38)35(31(27)37)25-12-10-24(33)11-13-25/h2-18H,19-20H2,1H3,(H,34,36,38)/b27-17+. The minimum atomic E-state index is -0.796. The van der Waals surface area contributed by atoms with E-state index in [-0.39, 0.29) is 5.57 Å². The first-order valence-electron chi connectivity index (χ1n) is 12.6. The van der Waals surface area contributed by atoms with E-state index in [0.29, 0.717) is 41.7 Å². The molecule has 1 aliphatic heterocycles. The molecule has 1 fully saturated rings. The summed E-state index contributed by atoms with van der Waals surface area (Å²) in [5.41, 5.74) is 2.75. The summed E-state index contributed by atoms with van der Waals surface area (Å²) in [4.78, 5) is 38.9. The number of methoxy groups -OCH3 is 1. The van der Waals surface area contributed by atoms with Gasteiger partial charge < -0.3 is 14.2 Å². The van der Waals surface area contributed by atoms with Crippen LogP contribution in [0, 0.1) is 0 Å². The van der Waals surface area contributed by atoms with E-state index in [4.69, 9.17) is 14.2 Å². The van der Waals surface area contributed by atoms with Crippen molar-refractivity contribution in [3.8, 4) is 17.2 Å². The Hall–Kier alpha value is -4.89. The number of carbonyl (C=O) groups excluding carboxylic acids is 3. The summed E-state index contributed by atoms with van der Waals surface area (Å²) in [5.74, 6) is 0.390. The number of rotatable bonds is 9. The van der Waals surface area contributed by atoms with Crippen molar-refractivity contribution in [3.05, 3.63) is 124 Å². The van der Waals surface area contributed by atoms with Crippen molar-refractivity contribution in [2.45, 2.75) is 13.2 Å². The number of imide groups is 2. The average molecular weight is 613 g/mol. The molecule has 0 aromatic heterocycles. The molecule has 0 aliphatic carbocycles. The van der Waals surface area contributed by atoms with Crippen LogP contribution in [0.3, 0.4) is 0 Å². The molecule has 0 radical (unpaired) electrons. The fraction of sp³-hybridized carbons (Fsp3) is 0.0938. The van der Waals surface area contributed by atoms with Gasteiger partial charge in [-0.15, -0.1) is 0 Å². The lowest BCUT2D eigenvalue weighted by Crippen LogP contribution is -2.54. The molecular formula is C32H25BrN2O6. The van der Waals surface area contributed by atoms with Gasteiger partial charge >= 0.3 is 6.03 Å². The van der Waals surface area contributed by atoms with Gasteiger partial charge in [-0.1, -0.05) is 64.5 Å². The first-order chi connectivity index (χ1) is 19.9. The van der Waals surface area contributed by atoms with E-state index in [0.717, 1.165) is 20.5 Å². The van der Waals surface area contributed by atoms with Gasteiger partial charge in [-0.25, -0.2) is 9.69 Å². The molecule has 0 atom stereocenters. The number of amides is 4. The van der Waals surface area contributed by atoms with Gasteiger partial charge in [-0.05, 0) is 71.3 Å². The number of nitrogens with one attached hydrogen (secondary N) is 1. The van der Waals surface area contributed by atoms with Crippen molar-refractivity contribution in [2.24, 2.45) is 0 Å². The zero-order chi connectivity index (χ0) is 28.8. The van der Waals surface area contributed by atoms with Crippen LogP contribution in [-0.2, 0) is 22.8 Å². The second-order valence-electron chi connectivity index (χ2n) is 9.05. The van der Waals surface area contributed by atoms with Crippen molar-refractivity contribution < 1.29 is 28.6 Å². The van der Waals surface area contributed by atoms with Gasteiger partial charge in [0.05, 0.1) is 12.8 Å². The monoisotopic (exact) mass is 612 g/mol. The Morgan fingerprint density at radius 3 is 2.20 bits per heavy atom. The molecule has 9 heteroatoms. The Kier molecular flexibility index (Phi) is 8.45. The van der Waals surface area contributed by atoms with Crippen LogP contribution in [0.15, 0.2) is 107 Å². The minimum absolute atomic E-state index is 0.150. The maximum Gasteiger partial charge on any atom is 0.335 e. The Labute approximate surface area is 245 Å². The molecule has 0 unspecified atom stereocenters. The molecule has 0 spiro atoms. The number of benzene rings is 4. The van der Waals surface area contributed by atoms with E-state index in [1.165, 1.54) is 6.08 Å². The molecule has 4 aromatic rings. The van der Waals surface area contributed by atoms with Crippen molar-refractivity contribution in [3.63, 3.8) is 0 Å². The lowest BCUT2D eigenvalue weighted by molar-refractivity contribution is -0.122. The molecule has 1 saturated heterocycles. The fourth-order valence-corrected chi connectivity index (χ4v) is 4.40. The smallest absolute Gasteiger partial charge is 0.335 e. The average Bonchev–Trinajstić information content (AvgIpc) is 2.99. The summed E-state index contributed by atoms with van der Waals surface area (Å²) in [6.45, 7) is 0.725. The van der Waals surface area contributed by atoms with Gasteiger partial charge in [0.15, 0.2) is 11.5 Å². The molecule has 0 bridgehead atoms. The number of carbonyl (C=O) groups is 3. The van der Waals surface area contributed by atoms with Crippen molar-refractivity contribution in [1.29, 1.82) is 0 Å². The molecule has 5 rings (SSSR count). The van der Waals surface area contributed by atoms with Gasteiger partial charge in [-0.2, -0.15) is 0 Å². The Bertz CT molecular complexity index is 1600. The zero-order valence-corrected chi connectivity index (χ0v) is 23.6.